The molecule has 6 nitrogen and oxygen atoms in total. The van der Waals surface area contributed by atoms with Gasteiger partial charge in [0.25, 0.3) is 5.56 Å². The molecule has 1 aliphatic heterocycles. The first-order valence-corrected chi connectivity index (χ1v) is 12.3. The molecule has 0 saturated carbocycles. The summed E-state index contributed by atoms with van der Waals surface area (Å²) in [7, 11) is 1.59. The number of aromatic nitrogens is 1. The van der Waals surface area contributed by atoms with Gasteiger partial charge in [-0.25, -0.2) is 9.79 Å². The molecule has 5 rings (SSSR count). The van der Waals surface area contributed by atoms with E-state index in [1.54, 1.807) is 18.6 Å². The molecular weight excluding hydrogens is 472 g/mol. The second-order valence-electron chi connectivity index (χ2n) is 8.31. The summed E-state index contributed by atoms with van der Waals surface area (Å²) in [5.74, 6) is 0.152. The Kier molecular flexibility index (Phi) is 6.40. The highest BCUT2D eigenvalue weighted by atomic mass is 32.1. The van der Waals surface area contributed by atoms with Crippen molar-refractivity contribution in [3.05, 3.63) is 121 Å². The molecule has 0 bridgehead atoms. The SMILES string of the molecule is C=CCOC(=O)C1=C(C)N=c2s/c(=C\c3cccc4ccccc34)c(=O)n2[C@@H]1c1ccc(OC)cc1. The summed E-state index contributed by atoms with van der Waals surface area (Å²) in [5, 5.41) is 2.15. The molecule has 0 aliphatic carbocycles. The number of rotatable bonds is 6. The summed E-state index contributed by atoms with van der Waals surface area (Å²) in [6, 6.07) is 20.7. The van der Waals surface area contributed by atoms with Crippen LogP contribution in [0.1, 0.15) is 24.1 Å². The van der Waals surface area contributed by atoms with E-state index in [2.05, 4.69) is 11.6 Å². The van der Waals surface area contributed by atoms with Crippen LogP contribution < -0.4 is 19.6 Å². The Hall–Kier alpha value is -4.23. The smallest absolute Gasteiger partial charge is 0.338 e. The minimum absolute atomic E-state index is 0.0659. The molecule has 0 radical (unpaired) electrons. The monoisotopic (exact) mass is 496 g/mol. The van der Waals surface area contributed by atoms with Crippen LogP contribution >= 0.6 is 11.3 Å². The predicted octanol–water partition coefficient (Wildman–Crippen LogP) is 4.13. The van der Waals surface area contributed by atoms with Crippen LogP contribution in [0.5, 0.6) is 5.75 Å². The van der Waals surface area contributed by atoms with Gasteiger partial charge in [0.1, 0.15) is 12.4 Å². The Bertz CT molecular complexity index is 1690. The van der Waals surface area contributed by atoms with Crippen molar-refractivity contribution in [1.29, 1.82) is 0 Å². The molecule has 1 aromatic heterocycles. The van der Waals surface area contributed by atoms with Crippen molar-refractivity contribution in [3.63, 3.8) is 0 Å². The third-order valence-electron chi connectivity index (χ3n) is 6.12. The van der Waals surface area contributed by atoms with E-state index < -0.39 is 12.0 Å². The molecule has 0 N–H and O–H groups in total. The molecule has 180 valence electrons. The fourth-order valence-corrected chi connectivity index (χ4v) is 5.45. The lowest BCUT2D eigenvalue weighted by Gasteiger charge is -2.24. The number of fused-ring (bicyclic) bond motifs is 2. The van der Waals surface area contributed by atoms with Gasteiger partial charge in [-0.2, -0.15) is 0 Å². The number of thiazole rings is 1. The average Bonchev–Trinajstić information content (AvgIpc) is 3.20. The highest BCUT2D eigenvalue weighted by Crippen LogP contribution is 2.31. The summed E-state index contributed by atoms with van der Waals surface area (Å²) in [4.78, 5) is 32.1. The third kappa shape index (κ3) is 4.18. The number of methoxy groups -OCH3 is 1. The van der Waals surface area contributed by atoms with Gasteiger partial charge in [0, 0.05) is 0 Å². The molecule has 1 atom stereocenters. The van der Waals surface area contributed by atoms with Crippen LogP contribution in [0.2, 0.25) is 0 Å². The summed E-state index contributed by atoms with van der Waals surface area (Å²) in [5.41, 5.74) is 2.33. The number of allylic oxidation sites excluding steroid dienone is 1. The molecule has 7 heteroatoms. The highest BCUT2D eigenvalue weighted by Gasteiger charge is 2.33. The fourth-order valence-electron chi connectivity index (χ4n) is 4.41. The van der Waals surface area contributed by atoms with Crippen molar-refractivity contribution in [3.8, 4) is 5.75 Å². The van der Waals surface area contributed by atoms with E-state index in [1.807, 2.05) is 72.8 Å². The molecule has 2 heterocycles. The standard InChI is InChI=1S/C29H24N2O4S/c1-4-16-35-28(33)25-18(2)30-29-31(26(25)20-12-14-22(34-3)15-13-20)27(32)24(36-29)17-21-10-7-9-19-8-5-6-11-23(19)21/h4-15,17,26H,1,16H2,2-3H3/b24-17-/t26-/m1/s1. The third-order valence-corrected chi connectivity index (χ3v) is 7.10. The van der Waals surface area contributed by atoms with E-state index in [9.17, 15) is 9.59 Å². The molecule has 0 saturated heterocycles. The van der Waals surface area contributed by atoms with Crippen LogP contribution in [0.25, 0.3) is 16.8 Å². The van der Waals surface area contributed by atoms with Gasteiger partial charge in [-0.15, -0.1) is 0 Å². The molecule has 1 aliphatic rings. The maximum absolute atomic E-state index is 13.8. The molecular formula is C29H24N2O4S. The van der Waals surface area contributed by atoms with E-state index in [1.165, 1.54) is 17.4 Å². The zero-order chi connectivity index (χ0) is 25.2. The van der Waals surface area contributed by atoms with Gasteiger partial charge in [0.15, 0.2) is 4.80 Å². The Morgan fingerprint density at radius 1 is 1.11 bits per heavy atom. The minimum atomic E-state index is -0.681. The van der Waals surface area contributed by atoms with E-state index in [4.69, 9.17) is 9.47 Å². The first kappa shape index (κ1) is 23.5. The maximum atomic E-state index is 13.8. The lowest BCUT2D eigenvalue weighted by molar-refractivity contribution is -0.138. The van der Waals surface area contributed by atoms with Gasteiger partial charge in [0.2, 0.25) is 0 Å². The van der Waals surface area contributed by atoms with Crippen molar-refractivity contribution in [2.75, 3.05) is 13.7 Å². The topological polar surface area (TPSA) is 69.9 Å². The van der Waals surface area contributed by atoms with E-state index >= 15 is 0 Å². The summed E-state index contributed by atoms with van der Waals surface area (Å²) >= 11 is 1.31. The lowest BCUT2D eigenvalue weighted by atomic mass is 9.96. The van der Waals surface area contributed by atoms with Crippen LogP contribution in [0.3, 0.4) is 0 Å². The highest BCUT2D eigenvalue weighted by molar-refractivity contribution is 7.07. The zero-order valence-electron chi connectivity index (χ0n) is 19.9. The Morgan fingerprint density at radius 3 is 2.61 bits per heavy atom. The second-order valence-corrected chi connectivity index (χ2v) is 9.32. The van der Waals surface area contributed by atoms with Gasteiger partial charge in [-0.3, -0.25) is 9.36 Å². The lowest BCUT2D eigenvalue weighted by Crippen LogP contribution is -2.39. The number of benzene rings is 3. The van der Waals surface area contributed by atoms with Crippen LogP contribution in [0.4, 0.5) is 0 Å². The van der Waals surface area contributed by atoms with Crippen LogP contribution in [0.15, 0.2) is 100 Å². The van der Waals surface area contributed by atoms with Crippen molar-refractivity contribution < 1.29 is 14.3 Å². The normalized spacial score (nSPS) is 15.4. The van der Waals surface area contributed by atoms with Crippen molar-refractivity contribution in [1.82, 2.24) is 4.57 Å². The Balaban J connectivity index is 1.72. The van der Waals surface area contributed by atoms with Gasteiger partial charge in [-0.05, 0) is 47.0 Å². The molecule has 0 fully saturated rings. The van der Waals surface area contributed by atoms with Gasteiger partial charge >= 0.3 is 5.97 Å². The van der Waals surface area contributed by atoms with Crippen molar-refractivity contribution >= 4 is 34.2 Å². The molecule has 0 spiro atoms. The van der Waals surface area contributed by atoms with Crippen molar-refractivity contribution in [2.45, 2.75) is 13.0 Å². The second kappa shape index (κ2) is 9.79. The number of carbonyl (C=O) groups excluding carboxylic acids is 1. The van der Waals surface area contributed by atoms with E-state index in [0.29, 0.717) is 26.4 Å². The van der Waals surface area contributed by atoms with E-state index in [0.717, 1.165) is 21.9 Å². The number of carbonyl (C=O) groups is 1. The summed E-state index contributed by atoms with van der Waals surface area (Å²) in [6.07, 6.45) is 3.40. The fraction of sp³-hybridized carbons (Fsp3) is 0.138. The van der Waals surface area contributed by atoms with Crippen LogP contribution in [0, 0.1) is 0 Å². The molecule has 36 heavy (non-hydrogen) atoms. The summed E-state index contributed by atoms with van der Waals surface area (Å²) < 4.78 is 12.8. The maximum Gasteiger partial charge on any atom is 0.338 e. The molecule has 0 unspecified atom stereocenters. The van der Waals surface area contributed by atoms with Gasteiger partial charge in [-0.1, -0.05) is 78.6 Å². The molecule has 3 aromatic carbocycles. The van der Waals surface area contributed by atoms with Crippen LogP contribution in [-0.4, -0.2) is 24.3 Å². The Morgan fingerprint density at radius 2 is 1.86 bits per heavy atom. The zero-order valence-corrected chi connectivity index (χ0v) is 20.7. The van der Waals surface area contributed by atoms with Crippen LogP contribution in [-0.2, 0) is 9.53 Å². The number of ether oxygens (including phenoxy) is 2. The molecule has 0 amide bonds. The number of hydrogen-bond acceptors (Lipinski definition) is 6. The quantitative estimate of drug-likeness (QED) is 0.297. The number of hydrogen-bond donors (Lipinski definition) is 0. The largest absolute Gasteiger partial charge is 0.497 e. The number of esters is 1. The first-order chi connectivity index (χ1) is 17.5. The van der Waals surface area contributed by atoms with Crippen molar-refractivity contribution in [2.24, 2.45) is 4.99 Å². The minimum Gasteiger partial charge on any atom is -0.497 e. The summed E-state index contributed by atoms with van der Waals surface area (Å²) in [6.45, 7) is 5.45. The van der Waals surface area contributed by atoms with Gasteiger partial charge in [0.05, 0.1) is 29.0 Å². The first-order valence-electron chi connectivity index (χ1n) is 11.4. The van der Waals surface area contributed by atoms with E-state index in [-0.39, 0.29) is 12.2 Å². The molecule has 4 aromatic rings. The predicted molar refractivity (Wildman–Crippen MR) is 142 cm³/mol. The average molecular weight is 497 g/mol. The van der Waals surface area contributed by atoms with Gasteiger partial charge < -0.3 is 9.47 Å². The Labute approximate surface area is 211 Å². The number of nitrogens with zero attached hydrogens (tertiary/aromatic N) is 2.